The van der Waals surface area contributed by atoms with Crippen LogP contribution in [-0.4, -0.2) is 12.1 Å². The first-order valence-corrected chi connectivity index (χ1v) is 6.77. The van der Waals surface area contributed by atoms with Crippen LogP contribution in [0.2, 0.25) is 0 Å². The number of benzene rings is 1. The Balaban J connectivity index is 1.70. The van der Waals surface area contributed by atoms with Crippen LogP contribution in [0.3, 0.4) is 0 Å². The van der Waals surface area contributed by atoms with Gasteiger partial charge >= 0.3 is 0 Å². The lowest BCUT2D eigenvalue weighted by Crippen LogP contribution is -2.18. The Kier molecular flexibility index (Phi) is 3.65. The minimum atomic E-state index is -0.0858. The Morgan fingerprint density at radius 1 is 1.40 bits per heavy atom. The molecular formula is C16H17FN2O. The number of aromatic nitrogens is 1. The molecule has 0 amide bonds. The van der Waals surface area contributed by atoms with Crippen molar-refractivity contribution in [3.63, 3.8) is 0 Å². The number of nitrogens with one attached hydrogen (secondary N) is 1. The van der Waals surface area contributed by atoms with Crippen LogP contribution in [0.4, 0.5) is 4.39 Å². The number of halogens is 1. The Morgan fingerprint density at radius 3 is 3.15 bits per heavy atom. The van der Waals surface area contributed by atoms with E-state index in [9.17, 15) is 4.39 Å². The highest BCUT2D eigenvalue weighted by atomic mass is 19.1. The van der Waals surface area contributed by atoms with Crippen LogP contribution in [-0.2, 0) is 13.0 Å². The molecule has 104 valence electrons. The van der Waals surface area contributed by atoms with Crippen molar-refractivity contribution in [1.82, 2.24) is 10.3 Å². The maximum atomic E-state index is 13.7. The molecule has 1 aliphatic rings. The summed E-state index contributed by atoms with van der Waals surface area (Å²) in [6.45, 7) is 0.722. The molecule has 20 heavy (non-hydrogen) atoms. The zero-order chi connectivity index (χ0) is 13.9. The number of rotatable bonds is 4. The average Bonchev–Trinajstić information content (AvgIpc) is 2.90. The molecule has 0 saturated carbocycles. The number of ether oxygens (including phenoxy) is 1. The zero-order valence-electron chi connectivity index (χ0n) is 11.4. The monoisotopic (exact) mass is 272 g/mol. The second kappa shape index (κ2) is 5.59. The van der Waals surface area contributed by atoms with Crippen molar-refractivity contribution in [1.29, 1.82) is 0 Å². The molecule has 1 unspecified atom stereocenters. The molecule has 0 saturated heterocycles. The highest BCUT2D eigenvalue weighted by Crippen LogP contribution is 2.32. The number of hydrogen-bond donors (Lipinski definition) is 1. The van der Waals surface area contributed by atoms with Crippen molar-refractivity contribution in [3.8, 4) is 5.88 Å². The maximum Gasteiger partial charge on any atom is 0.213 e. The number of nitrogens with zero attached hydrogens (tertiary/aromatic N) is 1. The molecule has 0 bridgehead atoms. The Morgan fingerprint density at radius 2 is 2.30 bits per heavy atom. The van der Waals surface area contributed by atoms with Gasteiger partial charge in [-0.15, -0.1) is 0 Å². The predicted octanol–water partition coefficient (Wildman–Crippen LogP) is 3.01. The largest absolute Gasteiger partial charge is 0.481 e. The van der Waals surface area contributed by atoms with Crippen LogP contribution in [0.25, 0.3) is 0 Å². The van der Waals surface area contributed by atoms with E-state index in [1.54, 1.807) is 19.4 Å². The van der Waals surface area contributed by atoms with Crippen LogP contribution >= 0.6 is 0 Å². The first-order chi connectivity index (χ1) is 9.78. The third kappa shape index (κ3) is 2.51. The molecule has 1 aliphatic carbocycles. The molecule has 2 aromatic rings. The Hall–Kier alpha value is -1.94. The van der Waals surface area contributed by atoms with Crippen molar-refractivity contribution < 1.29 is 9.13 Å². The van der Waals surface area contributed by atoms with E-state index in [1.165, 1.54) is 6.07 Å². The topological polar surface area (TPSA) is 34.1 Å². The molecule has 4 heteroatoms. The van der Waals surface area contributed by atoms with E-state index in [1.807, 2.05) is 18.2 Å². The number of fused-ring (bicyclic) bond motifs is 1. The second-order valence-electron chi connectivity index (χ2n) is 4.99. The summed E-state index contributed by atoms with van der Waals surface area (Å²) >= 11 is 0. The van der Waals surface area contributed by atoms with E-state index < -0.39 is 0 Å². The molecule has 1 aromatic heterocycles. The summed E-state index contributed by atoms with van der Waals surface area (Å²) in [6, 6.07) is 9.42. The Labute approximate surface area is 117 Å². The molecular weight excluding hydrogens is 255 g/mol. The molecule has 0 aliphatic heterocycles. The fourth-order valence-electron chi connectivity index (χ4n) is 2.73. The molecule has 1 aromatic carbocycles. The van der Waals surface area contributed by atoms with Gasteiger partial charge in [-0.25, -0.2) is 9.37 Å². The Bertz CT molecular complexity index is 615. The van der Waals surface area contributed by atoms with E-state index in [4.69, 9.17) is 4.74 Å². The highest BCUT2D eigenvalue weighted by molar-refractivity contribution is 5.35. The van der Waals surface area contributed by atoms with Gasteiger partial charge in [0.15, 0.2) is 0 Å². The minimum Gasteiger partial charge on any atom is -0.481 e. The molecule has 0 spiro atoms. The van der Waals surface area contributed by atoms with Gasteiger partial charge in [0.2, 0.25) is 5.88 Å². The summed E-state index contributed by atoms with van der Waals surface area (Å²) in [6.07, 6.45) is 3.48. The molecule has 3 nitrogen and oxygen atoms in total. The van der Waals surface area contributed by atoms with Crippen molar-refractivity contribution >= 4 is 0 Å². The van der Waals surface area contributed by atoms with Gasteiger partial charge in [0.1, 0.15) is 5.82 Å². The summed E-state index contributed by atoms with van der Waals surface area (Å²) < 4.78 is 18.8. The molecule has 0 radical (unpaired) electrons. The quantitative estimate of drug-likeness (QED) is 0.929. The molecule has 1 N–H and O–H groups in total. The van der Waals surface area contributed by atoms with Gasteiger partial charge < -0.3 is 10.1 Å². The van der Waals surface area contributed by atoms with Gasteiger partial charge in [-0.1, -0.05) is 12.1 Å². The van der Waals surface area contributed by atoms with Crippen molar-refractivity contribution in [2.75, 3.05) is 7.11 Å². The number of hydrogen-bond acceptors (Lipinski definition) is 3. The summed E-state index contributed by atoms with van der Waals surface area (Å²) in [5.41, 5.74) is 3.06. The average molecular weight is 272 g/mol. The smallest absolute Gasteiger partial charge is 0.213 e. The second-order valence-corrected chi connectivity index (χ2v) is 4.99. The lowest BCUT2D eigenvalue weighted by Gasteiger charge is -2.14. The molecule has 0 fully saturated rings. The van der Waals surface area contributed by atoms with Gasteiger partial charge in [-0.3, -0.25) is 0 Å². The molecule has 3 rings (SSSR count). The van der Waals surface area contributed by atoms with E-state index in [0.717, 1.165) is 36.1 Å². The van der Waals surface area contributed by atoms with Crippen molar-refractivity contribution in [2.45, 2.75) is 25.4 Å². The van der Waals surface area contributed by atoms with Gasteiger partial charge in [-0.05, 0) is 41.7 Å². The van der Waals surface area contributed by atoms with E-state index in [0.29, 0.717) is 5.88 Å². The van der Waals surface area contributed by atoms with Gasteiger partial charge in [-0.2, -0.15) is 0 Å². The number of methoxy groups -OCH3 is 1. The highest BCUT2D eigenvalue weighted by Gasteiger charge is 2.24. The summed E-state index contributed by atoms with van der Waals surface area (Å²) in [4.78, 5) is 4.09. The minimum absolute atomic E-state index is 0.0858. The van der Waals surface area contributed by atoms with Gasteiger partial charge in [0.25, 0.3) is 0 Å². The number of pyridine rings is 1. The van der Waals surface area contributed by atoms with Crippen molar-refractivity contribution in [3.05, 3.63) is 59.0 Å². The van der Waals surface area contributed by atoms with E-state index >= 15 is 0 Å². The first-order valence-electron chi connectivity index (χ1n) is 6.77. The SMILES string of the molecule is COc1cc(CNC2CCc3c(F)cccc32)ccn1. The van der Waals surface area contributed by atoms with Gasteiger partial charge in [0, 0.05) is 24.8 Å². The molecule has 1 heterocycles. The zero-order valence-corrected chi connectivity index (χ0v) is 11.4. The standard InChI is InChI=1S/C16H17FN2O/c1-20-16-9-11(7-8-18-16)10-19-15-6-5-12-13(15)3-2-4-14(12)17/h2-4,7-9,15,19H,5-6,10H2,1H3. The summed E-state index contributed by atoms with van der Waals surface area (Å²) in [5.74, 6) is 0.527. The van der Waals surface area contributed by atoms with Crippen LogP contribution in [0.1, 0.15) is 29.2 Å². The lowest BCUT2D eigenvalue weighted by atomic mass is 10.1. The third-order valence-electron chi connectivity index (χ3n) is 3.77. The van der Waals surface area contributed by atoms with Crippen molar-refractivity contribution in [2.24, 2.45) is 0 Å². The van der Waals surface area contributed by atoms with Crippen LogP contribution in [0, 0.1) is 5.82 Å². The predicted molar refractivity (Wildman–Crippen MR) is 75.1 cm³/mol. The van der Waals surface area contributed by atoms with Crippen LogP contribution in [0.15, 0.2) is 36.5 Å². The van der Waals surface area contributed by atoms with E-state index in [2.05, 4.69) is 10.3 Å². The maximum absolute atomic E-state index is 13.7. The summed E-state index contributed by atoms with van der Waals surface area (Å²) in [5, 5.41) is 3.48. The fraction of sp³-hybridized carbons (Fsp3) is 0.312. The van der Waals surface area contributed by atoms with Crippen LogP contribution < -0.4 is 10.1 Å². The van der Waals surface area contributed by atoms with Gasteiger partial charge in [0.05, 0.1) is 7.11 Å². The lowest BCUT2D eigenvalue weighted by molar-refractivity contribution is 0.396. The third-order valence-corrected chi connectivity index (χ3v) is 3.77. The fourth-order valence-corrected chi connectivity index (χ4v) is 2.73. The summed E-state index contributed by atoms with van der Waals surface area (Å²) in [7, 11) is 1.61. The first kappa shape index (κ1) is 13.1. The van der Waals surface area contributed by atoms with Crippen LogP contribution in [0.5, 0.6) is 5.88 Å². The molecule has 1 atom stereocenters. The normalized spacial score (nSPS) is 17.0. The van der Waals surface area contributed by atoms with E-state index in [-0.39, 0.29) is 11.9 Å².